The van der Waals surface area contributed by atoms with Gasteiger partial charge in [0.25, 0.3) is 0 Å². The zero-order valence-corrected chi connectivity index (χ0v) is 13.9. The van der Waals surface area contributed by atoms with Gasteiger partial charge in [0.1, 0.15) is 11.5 Å². The number of methoxy groups -OCH3 is 2. The van der Waals surface area contributed by atoms with E-state index in [4.69, 9.17) is 9.47 Å². The van der Waals surface area contributed by atoms with Crippen LogP contribution in [0.2, 0.25) is 0 Å². The Bertz CT molecular complexity index is 767. The van der Waals surface area contributed by atoms with E-state index in [9.17, 15) is 4.79 Å². The lowest BCUT2D eigenvalue weighted by atomic mass is 9.83. The molecule has 0 saturated heterocycles. The Labute approximate surface area is 136 Å². The van der Waals surface area contributed by atoms with Gasteiger partial charge < -0.3 is 14.8 Å². The summed E-state index contributed by atoms with van der Waals surface area (Å²) in [5.41, 5.74) is 5.37. The van der Waals surface area contributed by atoms with Crippen molar-refractivity contribution in [1.29, 1.82) is 0 Å². The molecule has 0 radical (unpaired) electrons. The Balaban J connectivity index is 2.18. The molecule has 0 aromatic heterocycles. The highest BCUT2D eigenvalue weighted by atomic mass is 16.5. The van der Waals surface area contributed by atoms with Crippen molar-refractivity contribution < 1.29 is 14.3 Å². The summed E-state index contributed by atoms with van der Waals surface area (Å²) in [6.45, 7) is 4.14. The Morgan fingerprint density at radius 1 is 1.00 bits per heavy atom. The number of hydrogen-bond donors (Lipinski definition) is 1. The van der Waals surface area contributed by atoms with E-state index in [-0.39, 0.29) is 11.8 Å². The molecule has 1 amide bonds. The highest BCUT2D eigenvalue weighted by Crippen LogP contribution is 2.42. The molecule has 23 heavy (non-hydrogen) atoms. The van der Waals surface area contributed by atoms with Crippen molar-refractivity contribution in [3.8, 4) is 11.5 Å². The van der Waals surface area contributed by atoms with Gasteiger partial charge in [-0.3, -0.25) is 4.79 Å². The van der Waals surface area contributed by atoms with Gasteiger partial charge in [0, 0.05) is 23.6 Å². The average Bonchev–Trinajstić information content (AvgIpc) is 2.55. The van der Waals surface area contributed by atoms with Crippen LogP contribution in [0.15, 0.2) is 30.3 Å². The Kier molecular flexibility index (Phi) is 3.99. The standard InChI is InChI=1S/C19H21NO3/c1-11-7-15-14(10-19(21)20-17(15)8-12(11)2)16-9-13(22-3)5-6-18(16)23-4/h5-9,14H,10H2,1-4H3,(H,20,21). The van der Waals surface area contributed by atoms with Crippen LogP contribution in [0.4, 0.5) is 5.69 Å². The van der Waals surface area contributed by atoms with Gasteiger partial charge in [-0.15, -0.1) is 0 Å². The lowest BCUT2D eigenvalue weighted by Crippen LogP contribution is -2.24. The maximum Gasteiger partial charge on any atom is 0.225 e. The van der Waals surface area contributed by atoms with E-state index in [1.807, 2.05) is 24.3 Å². The normalized spacial score (nSPS) is 16.5. The molecule has 4 nitrogen and oxygen atoms in total. The number of carbonyl (C=O) groups excluding carboxylic acids is 1. The predicted octanol–water partition coefficient (Wildman–Crippen LogP) is 3.79. The lowest BCUT2D eigenvalue weighted by molar-refractivity contribution is -0.116. The Hall–Kier alpha value is -2.49. The molecule has 1 aliphatic rings. The molecule has 2 aromatic rings. The van der Waals surface area contributed by atoms with Crippen LogP contribution in [0.1, 0.15) is 34.6 Å². The van der Waals surface area contributed by atoms with Crippen LogP contribution in [0.5, 0.6) is 11.5 Å². The first-order valence-corrected chi connectivity index (χ1v) is 7.66. The minimum Gasteiger partial charge on any atom is -0.497 e. The van der Waals surface area contributed by atoms with Crippen LogP contribution in [0, 0.1) is 13.8 Å². The number of ether oxygens (including phenoxy) is 2. The van der Waals surface area contributed by atoms with Crippen molar-refractivity contribution >= 4 is 11.6 Å². The maximum atomic E-state index is 12.2. The van der Waals surface area contributed by atoms with Gasteiger partial charge in [0.15, 0.2) is 0 Å². The quantitative estimate of drug-likeness (QED) is 0.938. The third-order valence-electron chi connectivity index (χ3n) is 4.52. The fourth-order valence-electron chi connectivity index (χ4n) is 3.12. The molecule has 0 aliphatic carbocycles. The van der Waals surface area contributed by atoms with E-state index in [0.29, 0.717) is 6.42 Å². The number of fused-ring (bicyclic) bond motifs is 1. The van der Waals surface area contributed by atoms with Crippen LogP contribution in [0.25, 0.3) is 0 Å². The predicted molar refractivity (Wildman–Crippen MR) is 90.6 cm³/mol. The molecule has 1 unspecified atom stereocenters. The number of carbonyl (C=O) groups is 1. The van der Waals surface area contributed by atoms with E-state index in [1.165, 1.54) is 11.1 Å². The lowest BCUT2D eigenvalue weighted by Gasteiger charge is -2.28. The second-order valence-corrected chi connectivity index (χ2v) is 5.94. The first kappa shape index (κ1) is 15.4. The molecule has 0 bridgehead atoms. The van der Waals surface area contributed by atoms with Gasteiger partial charge >= 0.3 is 0 Å². The van der Waals surface area contributed by atoms with Crippen LogP contribution in [-0.2, 0) is 4.79 Å². The molecule has 0 fully saturated rings. The first-order chi connectivity index (χ1) is 11.0. The van der Waals surface area contributed by atoms with Crippen LogP contribution < -0.4 is 14.8 Å². The summed E-state index contributed by atoms with van der Waals surface area (Å²) >= 11 is 0. The third kappa shape index (κ3) is 2.77. The highest BCUT2D eigenvalue weighted by molar-refractivity contribution is 5.95. The monoisotopic (exact) mass is 311 g/mol. The fraction of sp³-hybridized carbons (Fsp3) is 0.316. The van der Waals surface area contributed by atoms with Crippen LogP contribution in [-0.4, -0.2) is 20.1 Å². The summed E-state index contributed by atoms with van der Waals surface area (Å²) < 4.78 is 10.9. The Morgan fingerprint density at radius 3 is 2.43 bits per heavy atom. The molecule has 0 saturated carbocycles. The van der Waals surface area contributed by atoms with Gasteiger partial charge in [-0.2, -0.15) is 0 Å². The molecule has 0 spiro atoms. The summed E-state index contributed by atoms with van der Waals surface area (Å²) in [7, 11) is 3.29. The largest absolute Gasteiger partial charge is 0.497 e. The SMILES string of the molecule is COc1ccc(OC)c(C2CC(=O)Nc3cc(C)c(C)cc32)c1. The van der Waals surface area contributed by atoms with Gasteiger partial charge in [-0.1, -0.05) is 6.07 Å². The molecule has 1 aliphatic heterocycles. The molecule has 1 N–H and O–H groups in total. The van der Waals surface area contributed by atoms with E-state index >= 15 is 0 Å². The molecule has 4 heteroatoms. The van der Waals surface area contributed by atoms with E-state index in [2.05, 4.69) is 25.2 Å². The zero-order valence-electron chi connectivity index (χ0n) is 13.9. The summed E-state index contributed by atoms with van der Waals surface area (Å²) in [6, 6.07) is 9.92. The minimum absolute atomic E-state index is 0.0237. The molecule has 120 valence electrons. The van der Waals surface area contributed by atoms with E-state index in [0.717, 1.165) is 28.3 Å². The Morgan fingerprint density at radius 2 is 1.74 bits per heavy atom. The van der Waals surface area contributed by atoms with Crippen molar-refractivity contribution in [3.05, 3.63) is 52.6 Å². The van der Waals surface area contributed by atoms with Gasteiger partial charge in [-0.05, 0) is 54.8 Å². The second-order valence-electron chi connectivity index (χ2n) is 5.94. The number of aryl methyl sites for hydroxylation is 2. The smallest absolute Gasteiger partial charge is 0.225 e. The zero-order chi connectivity index (χ0) is 16.6. The minimum atomic E-state index is -0.0388. The third-order valence-corrected chi connectivity index (χ3v) is 4.52. The second kappa shape index (κ2) is 5.95. The summed E-state index contributed by atoms with van der Waals surface area (Å²) in [6.07, 6.45) is 0.402. The van der Waals surface area contributed by atoms with E-state index < -0.39 is 0 Å². The molecular weight excluding hydrogens is 290 g/mol. The van der Waals surface area contributed by atoms with Gasteiger partial charge in [0.2, 0.25) is 5.91 Å². The average molecular weight is 311 g/mol. The summed E-state index contributed by atoms with van der Waals surface area (Å²) in [4.78, 5) is 12.2. The number of benzene rings is 2. The maximum absolute atomic E-state index is 12.2. The molecule has 1 heterocycles. The molecular formula is C19H21NO3. The number of rotatable bonds is 3. The van der Waals surface area contributed by atoms with Crippen LogP contribution in [0.3, 0.4) is 0 Å². The summed E-state index contributed by atoms with van der Waals surface area (Å²) in [5.74, 6) is 1.52. The van der Waals surface area contributed by atoms with Crippen molar-refractivity contribution in [2.75, 3.05) is 19.5 Å². The van der Waals surface area contributed by atoms with E-state index in [1.54, 1.807) is 14.2 Å². The number of amides is 1. The summed E-state index contributed by atoms with van der Waals surface area (Å²) in [5, 5.41) is 2.98. The van der Waals surface area contributed by atoms with Crippen LogP contribution >= 0.6 is 0 Å². The number of anilines is 1. The van der Waals surface area contributed by atoms with Crippen molar-refractivity contribution in [2.24, 2.45) is 0 Å². The molecule has 1 atom stereocenters. The topological polar surface area (TPSA) is 47.6 Å². The number of nitrogens with one attached hydrogen (secondary N) is 1. The van der Waals surface area contributed by atoms with Crippen molar-refractivity contribution in [2.45, 2.75) is 26.2 Å². The highest BCUT2D eigenvalue weighted by Gasteiger charge is 2.29. The van der Waals surface area contributed by atoms with Gasteiger partial charge in [0.05, 0.1) is 14.2 Å². The van der Waals surface area contributed by atoms with Crippen molar-refractivity contribution in [3.63, 3.8) is 0 Å². The fourth-order valence-corrected chi connectivity index (χ4v) is 3.12. The first-order valence-electron chi connectivity index (χ1n) is 7.66. The molecule has 3 rings (SSSR count). The van der Waals surface area contributed by atoms with Gasteiger partial charge in [-0.25, -0.2) is 0 Å². The van der Waals surface area contributed by atoms with Crippen molar-refractivity contribution in [1.82, 2.24) is 0 Å². The number of hydrogen-bond acceptors (Lipinski definition) is 3. The molecule has 2 aromatic carbocycles.